The highest BCUT2D eigenvalue weighted by Gasteiger charge is 2.21. The van der Waals surface area contributed by atoms with Crippen LogP contribution in [0.1, 0.15) is 21.7 Å². The molecule has 0 unspecified atom stereocenters. The second-order valence-corrected chi connectivity index (χ2v) is 9.35. The number of amides is 1. The van der Waals surface area contributed by atoms with E-state index >= 15 is 0 Å². The fourth-order valence-corrected chi connectivity index (χ4v) is 5.00. The van der Waals surface area contributed by atoms with Crippen molar-refractivity contribution in [3.63, 3.8) is 0 Å². The molecule has 0 radical (unpaired) electrons. The molecule has 4 rings (SSSR count). The number of hydrogen-bond acceptors (Lipinski definition) is 8. The molecule has 0 aliphatic carbocycles. The van der Waals surface area contributed by atoms with E-state index in [9.17, 15) is 9.90 Å². The Balaban J connectivity index is 1.81. The summed E-state index contributed by atoms with van der Waals surface area (Å²) in [6, 6.07) is 14.5. The van der Waals surface area contributed by atoms with Crippen LogP contribution in [0.5, 0.6) is 23.0 Å². The third-order valence-electron chi connectivity index (χ3n) is 6.06. The van der Waals surface area contributed by atoms with Crippen molar-refractivity contribution in [2.24, 2.45) is 0 Å². The molecule has 0 spiro atoms. The Morgan fingerprint density at radius 2 is 1.76 bits per heavy atom. The number of aliphatic hydroxyl groups excluding tert-OH is 1. The van der Waals surface area contributed by atoms with Crippen LogP contribution in [0.2, 0.25) is 0 Å². The fourth-order valence-electron chi connectivity index (χ4n) is 4.21. The number of hydrogen-bond donors (Lipinski definition) is 2. The number of aliphatic hydroxyl groups is 1. The number of benzene rings is 2. The van der Waals surface area contributed by atoms with Gasteiger partial charge in [-0.1, -0.05) is 6.07 Å². The molecule has 194 valence electrons. The first kappa shape index (κ1) is 26.2. The number of rotatable bonds is 11. The van der Waals surface area contributed by atoms with Gasteiger partial charge in [-0.3, -0.25) is 4.79 Å². The Morgan fingerprint density at radius 3 is 2.35 bits per heavy atom. The highest BCUT2D eigenvalue weighted by molar-refractivity contribution is 7.09. The van der Waals surface area contributed by atoms with Gasteiger partial charge in [0.25, 0.3) is 5.91 Å². The predicted molar refractivity (Wildman–Crippen MR) is 144 cm³/mol. The maximum Gasteiger partial charge on any atom is 0.252 e. The molecule has 8 nitrogen and oxygen atoms in total. The standard InChI is InChI=1S/C28H30N2O6S/c1-33-19-7-8-23-21(15-19)22(28(32)29-18(9-10-31)14-20-6-5-11-37-20)16-24(30-23)17-12-25(34-2)27(36-4)26(13-17)35-3/h5-8,11-13,15-16,18,31H,9-10,14H2,1-4H3,(H,29,32)/t18-/m1/s1. The van der Waals surface area contributed by atoms with Crippen LogP contribution in [0.4, 0.5) is 0 Å². The van der Waals surface area contributed by atoms with Crippen molar-refractivity contribution >= 4 is 28.1 Å². The van der Waals surface area contributed by atoms with Gasteiger partial charge in [-0.2, -0.15) is 0 Å². The highest BCUT2D eigenvalue weighted by Crippen LogP contribution is 2.41. The average Bonchev–Trinajstić information content (AvgIpc) is 3.44. The second-order valence-electron chi connectivity index (χ2n) is 8.32. The smallest absolute Gasteiger partial charge is 0.252 e. The van der Waals surface area contributed by atoms with Crippen LogP contribution >= 0.6 is 11.3 Å². The van der Waals surface area contributed by atoms with E-state index < -0.39 is 0 Å². The van der Waals surface area contributed by atoms with Gasteiger partial charge in [0.2, 0.25) is 5.75 Å². The molecule has 0 fully saturated rings. The van der Waals surface area contributed by atoms with Crippen LogP contribution < -0.4 is 24.3 Å². The third-order valence-corrected chi connectivity index (χ3v) is 6.96. The van der Waals surface area contributed by atoms with Crippen LogP contribution in [0.15, 0.2) is 53.9 Å². The largest absolute Gasteiger partial charge is 0.497 e. The summed E-state index contributed by atoms with van der Waals surface area (Å²) in [7, 11) is 6.23. The first-order valence-electron chi connectivity index (χ1n) is 11.7. The number of nitrogens with zero attached hydrogens (tertiary/aromatic N) is 1. The van der Waals surface area contributed by atoms with E-state index in [1.165, 1.54) is 0 Å². The van der Waals surface area contributed by atoms with E-state index in [1.54, 1.807) is 70.1 Å². The molecule has 9 heteroatoms. The topological polar surface area (TPSA) is 99.1 Å². The van der Waals surface area contributed by atoms with Crippen molar-refractivity contribution in [3.8, 4) is 34.3 Å². The monoisotopic (exact) mass is 522 g/mol. The van der Waals surface area contributed by atoms with Crippen molar-refractivity contribution < 1.29 is 28.8 Å². The molecule has 0 saturated heterocycles. The number of ether oxygens (including phenoxy) is 4. The van der Waals surface area contributed by atoms with Crippen LogP contribution in [-0.4, -0.2) is 57.1 Å². The number of aromatic nitrogens is 1. The van der Waals surface area contributed by atoms with Gasteiger partial charge in [-0.25, -0.2) is 4.98 Å². The number of carbonyl (C=O) groups is 1. The van der Waals surface area contributed by atoms with Crippen LogP contribution in [0.25, 0.3) is 22.2 Å². The molecule has 0 aliphatic heterocycles. The van der Waals surface area contributed by atoms with Gasteiger partial charge in [-0.05, 0) is 54.3 Å². The zero-order valence-electron chi connectivity index (χ0n) is 21.2. The molecule has 1 amide bonds. The molecule has 2 heterocycles. The molecule has 1 atom stereocenters. The average molecular weight is 523 g/mol. The van der Waals surface area contributed by atoms with Gasteiger partial charge in [0, 0.05) is 34.9 Å². The van der Waals surface area contributed by atoms with Gasteiger partial charge in [0.15, 0.2) is 11.5 Å². The van der Waals surface area contributed by atoms with E-state index in [1.807, 2.05) is 23.6 Å². The summed E-state index contributed by atoms with van der Waals surface area (Å²) in [5, 5.41) is 15.4. The molecule has 37 heavy (non-hydrogen) atoms. The maximum atomic E-state index is 13.7. The molecule has 2 aromatic heterocycles. The van der Waals surface area contributed by atoms with E-state index in [2.05, 4.69) is 5.32 Å². The van der Waals surface area contributed by atoms with Gasteiger partial charge < -0.3 is 29.4 Å². The van der Waals surface area contributed by atoms with Crippen LogP contribution in [-0.2, 0) is 6.42 Å². The zero-order valence-corrected chi connectivity index (χ0v) is 22.1. The minimum Gasteiger partial charge on any atom is -0.497 e. The van der Waals surface area contributed by atoms with Gasteiger partial charge in [0.05, 0.1) is 45.2 Å². The Kier molecular flexibility index (Phi) is 8.47. The number of fused-ring (bicyclic) bond motifs is 1. The van der Waals surface area contributed by atoms with Gasteiger partial charge in [-0.15, -0.1) is 11.3 Å². The number of carbonyl (C=O) groups excluding carboxylic acids is 1. The molecular weight excluding hydrogens is 492 g/mol. The number of thiophene rings is 1. The number of methoxy groups -OCH3 is 4. The van der Waals surface area contributed by atoms with Crippen LogP contribution in [0.3, 0.4) is 0 Å². The lowest BCUT2D eigenvalue weighted by Crippen LogP contribution is -2.37. The highest BCUT2D eigenvalue weighted by atomic mass is 32.1. The van der Waals surface area contributed by atoms with E-state index in [0.29, 0.717) is 63.6 Å². The maximum absolute atomic E-state index is 13.7. The molecule has 0 bridgehead atoms. The van der Waals surface area contributed by atoms with Crippen molar-refractivity contribution in [1.29, 1.82) is 0 Å². The lowest BCUT2D eigenvalue weighted by atomic mass is 10.0. The first-order chi connectivity index (χ1) is 18.0. The van der Waals surface area contributed by atoms with E-state index in [0.717, 1.165) is 4.88 Å². The molecular formula is C28H30N2O6S. The predicted octanol–water partition coefficient (Wildman–Crippen LogP) is 4.72. The lowest BCUT2D eigenvalue weighted by Gasteiger charge is -2.19. The van der Waals surface area contributed by atoms with E-state index in [4.69, 9.17) is 23.9 Å². The lowest BCUT2D eigenvalue weighted by molar-refractivity contribution is 0.0932. The summed E-state index contributed by atoms with van der Waals surface area (Å²) < 4.78 is 21.9. The van der Waals surface area contributed by atoms with Gasteiger partial charge >= 0.3 is 0 Å². The summed E-state index contributed by atoms with van der Waals surface area (Å²) in [5.41, 5.74) is 2.35. The number of pyridine rings is 1. The molecule has 2 aromatic carbocycles. The molecule has 0 saturated carbocycles. The molecule has 0 aliphatic rings. The molecule has 4 aromatic rings. The molecule has 2 N–H and O–H groups in total. The Labute approximate surface area is 219 Å². The van der Waals surface area contributed by atoms with Crippen molar-refractivity contribution in [1.82, 2.24) is 10.3 Å². The summed E-state index contributed by atoms with van der Waals surface area (Å²) >= 11 is 1.62. The SMILES string of the molecule is COc1ccc2nc(-c3cc(OC)c(OC)c(OC)c3)cc(C(=O)N[C@H](CCO)Cc3cccs3)c2c1. The Hall–Kier alpha value is -3.82. The fraction of sp³-hybridized carbons (Fsp3) is 0.286. The normalized spacial score (nSPS) is 11.7. The summed E-state index contributed by atoms with van der Waals surface area (Å²) in [5.74, 6) is 1.80. The van der Waals surface area contributed by atoms with Crippen molar-refractivity contribution in [3.05, 3.63) is 64.4 Å². The van der Waals surface area contributed by atoms with Crippen molar-refractivity contribution in [2.45, 2.75) is 18.9 Å². The first-order valence-corrected chi connectivity index (χ1v) is 12.6. The summed E-state index contributed by atoms with van der Waals surface area (Å²) in [4.78, 5) is 19.6. The number of nitrogens with one attached hydrogen (secondary N) is 1. The van der Waals surface area contributed by atoms with E-state index in [-0.39, 0.29) is 18.6 Å². The Bertz CT molecular complexity index is 1350. The quantitative estimate of drug-likeness (QED) is 0.294. The minimum absolute atomic E-state index is 0.0298. The third kappa shape index (κ3) is 5.79. The minimum atomic E-state index is -0.260. The van der Waals surface area contributed by atoms with Crippen molar-refractivity contribution in [2.75, 3.05) is 35.0 Å². The summed E-state index contributed by atoms with van der Waals surface area (Å²) in [6.07, 6.45) is 1.08. The zero-order chi connectivity index (χ0) is 26.4. The Morgan fingerprint density at radius 1 is 1.00 bits per heavy atom. The van der Waals surface area contributed by atoms with Crippen LogP contribution in [0, 0.1) is 0 Å². The second kappa shape index (κ2) is 11.9. The summed E-state index contributed by atoms with van der Waals surface area (Å²) in [6.45, 7) is -0.0298. The van der Waals surface area contributed by atoms with Gasteiger partial charge in [0.1, 0.15) is 5.75 Å².